The molecule has 34 heavy (non-hydrogen) atoms. The minimum absolute atomic E-state index is 0.0226. The van der Waals surface area contributed by atoms with E-state index in [-0.39, 0.29) is 36.9 Å². The second-order valence-electron chi connectivity index (χ2n) is 10.6. The average molecular weight is 473 g/mol. The number of carbonyl (C=O) groups excluding carboxylic acids is 3. The third-order valence-electron chi connectivity index (χ3n) is 7.11. The average Bonchev–Trinajstić information content (AvgIpc) is 3.37. The first-order valence-electron chi connectivity index (χ1n) is 11.9. The van der Waals surface area contributed by atoms with E-state index in [4.69, 9.17) is 9.47 Å². The minimum Gasteiger partial charge on any atom is -0.377 e. The SMILES string of the molecule is CO[C@H]1CN(C(=O)C(NC(=O)c2ccc(N3CCN(C)CC3)cc2)C(C)(C)C)[C@@H]2C(=O)CO[C@H]12. The lowest BCUT2D eigenvalue weighted by atomic mass is 9.85. The van der Waals surface area contributed by atoms with Crippen LogP contribution in [-0.2, 0) is 19.1 Å². The van der Waals surface area contributed by atoms with E-state index in [1.54, 1.807) is 19.2 Å². The number of piperazine rings is 1. The van der Waals surface area contributed by atoms with Crippen LogP contribution in [0.5, 0.6) is 0 Å². The highest BCUT2D eigenvalue weighted by Crippen LogP contribution is 2.32. The summed E-state index contributed by atoms with van der Waals surface area (Å²) in [6.07, 6.45) is -0.821. The molecular weight excluding hydrogens is 436 g/mol. The van der Waals surface area contributed by atoms with Crippen LogP contribution in [0.15, 0.2) is 24.3 Å². The van der Waals surface area contributed by atoms with E-state index in [2.05, 4.69) is 22.2 Å². The zero-order chi connectivity index (χ0) is 24.6. The number of likely N-dealkylation sites (N-methyl/N-ethyl adjacent to an activating group) is 1. The minimum atomic E-state index is -0.804. The summed E-state index contributed by atoms with van der Waals surface area (Å²) in [5.74, 6) is -0.731. The number of hydrogen-bond donors (Lipinski definition) is 1. The molecule has 9 heteroatoms. The summed E-state index contributed by atoms with van der Waals surface area (Å²) in [5.41, 5.74) is 1.02. The van der Waals surface area contributed by atoms with Crippen molar-refractivity contribution in [2.75, 3.05) is 58.4 Å². The van der Waals surface area contributed by atoms with Gasteiger partial charge in [-0.15, -0.1) is 0 Å². The summed E-state index contributed by atoms with van der Waals surface area (Å²) >= 11 is 0. The number of ketones is 1. The number of anilines is 1. The number of benzene rings is 1. The van der Waals surface area contributed by atoms with Gasteiger partial charge in [0.1, 0.15) is 30.9 Å². The van der Waals surface area contributed by atoms with Gasteiger partial charge in [-0.05, 0) is 36.7 Å². The Hall–Kier alpha value is -2.49. The molecule has 1 N–H and O–H groups in total. The largest absolute Gasteiger partial charge is 0.377 e. The molecule has 0 spiro atoms. The second-order valence-corrected chi connectivity index (χ2v) is 10.6. The second kappa shape index (κ2) is 9.64. The molecule has 0 bridgehead atoms. The Balaban J connectivity index is 1.48. The predicted octanol–water partition coefficient (Wildman–Crippen LogP) is 0.777. The number of fused-ring (bicyclic) bond motifs is 1. The first-order chi connectivity index (χ1) is 16.1. The van der Waals surface area contributed by atoms with Crippen molar-refractivity contribution in [1.29, 1.82) is 0 Å². The highest BCUT2D eigenvalue weighted by atomic mass is 16.5. The Morgan fingerprint density at radius 1 is 1.12 bits per heavy atom. The van der Waals surface area contributed by atoms with E-state index in [1.165, 1.54) is 4.90 Å². The molecule has 1 aromatic rings. The van der Waals surface area contributed by atoms with Crippen LogP contribution in [0, 0.1) is 5.41 Å². The van der Waals surface area contributed by atoms with Gasteiger partial charge in [0.25, 0.3) is 5.91 Å². The topological polar surface area (TPSA) is 91.4 Å². The van der Waals surface area contributed by atoms with E-state index in [0.717, 1.165) is 31.9 Å². The molecule has 0 aromatic heterocycles. The summed E-state index contributed by atoms with van der Waals surface area (Å²) < 4.78 is 11.1. The zero-order valence-corrected chi connectivity index (χ0v) is 20.7. The van der Waals surface area contributed by atoms with Gasteiger partial charge < -0.3 is 29.5 Å². The van der Waals surface area contributed by atoms with Crippen molar-refractivity contribution in [3.63, 3.8) is 0 Å². The highest BCUT2D eigenvalue weighted by molar-refractivity contribution is 5.99. The first kappa shape index (κ1) is 24.6. The number of nitrogens with one attached hydrogen (secondary N) is 1. The van der Waals surface area contributed by atoms with Crippen LogP contribution in [0.4, 0.5) is 5.69 Å². The maximum Gasteiger partial charge on any atom is 0.251 e. The standard InChI is InChI=1S/C25H36N4O5/c1-25(2,3)22(24(32)29-14-19(33-5)21-20(29)18(30)15-34-21)26-23(31)16-6-8-17(9-7-16)28-12-10-27(4)11-13-28/h6-9,19-22H,10-15H2,1-5H3,(H,26,31)/t19-,20+,21+,22?/m0/s1. The zero-order valence-electron chi connectivity index (χ0n) is 20.7. The van der Waals surface area contributed by atoms with Crippen molar-refractivity contribution in [1.82, 2.24) is 15.1 Å². The summed E-state index contributed by atoms with van der Waals surface area (Å²) in [4.78, 5) is 45.4. The van der Waals surface area contributed by atoms with Crippen molar-refractivity contribution < 1.29 is 23.9 Å². The molecule has 1 aromatic carbocycles. The van der Waals surface area contributed by atoms with E-state index < -0.39 is 23.6 Å². The van der Waals surface area contributed by atoms with E-state index in [9.17, 15) is 14.4 Å². The lowest BCUT2D eigenvalue weighted by Gasteiger charge is -2.35. The van der Waals surface area contributed by atoms with Crippen molar-refractivity contribution in [2.24, 2.45) is 5.41 Å². The summed E-state index contributed by atoms with van der Waals surface area (Å²) in [5, 5.41) is 2.94. The molecule has 3 saturated heterocycles. The van der Waals surface area contributed by atoms with Crippen LogP contribution in [0.3, 0.4) is 0 Å². The fraction of sp³-hybridized carbons (Fsp3) is 0.640. The van der Waals surface area contributed by atoms with Gasteiger partial charge in [0, 0.05) is 44.5 Å². The monoisotopic (exact) mass is 472 g/mol. The number of carbonyl (C=O) groups is 3. The molecule has 9 nitrogen and oxygen atoms in total. The predicted molar refractivity (Wildman–Crippen MR) is 128 cm³/mol. The maximum atomic E-state index is 13.6. The molecule has 4 rings (SSSR count). The quantitative estimate of drug-likeness (QED) is 0.677. The van der Waals surface area contributed by atoms with Crippen LogP contribution in [0.1, 0.15) is 31.1 Å². The number of Topliss-reactive ketones (excluding diaryl/α,β-unsaturated/α-hetero) is 1. The Bertz CT molecular complexity index is 920. The normalized spacial score (nSPS) is 26.5. The fourth-order valence-corrected chi connectivity index (χ4v) is 4.96. The molecule has 3 heterocycles. The van der Waals surface area contributed by atoms with Gasteiger partial charge in [0.15, 0.2) is 5.78 Å². The molecule has 3 aliphatic rings. The number of amides is 2. The van der Waals surface area contributed by atoms with E-state index >= 15 is 0 Å². The maximum absolute atomic E-state index is 13.6. The van der Waals surface area contributed by atoms with E-state index in [0.29, 0.717) is 5.56 Å². The van der Waals surface area contributed by atoms with Gasteiger partial charge in [-0.25, -0.2) is 0 Å². The van der Waals surface area contributed by atoms with Gasteiger partial charge in [-0.3, -0.25) is 14.4 Å². The van der Waals surface area contributed by atoms with Crippen molar-refractivity contribution in [2.45, 2.75) is 45.1 Å². The Morgan fingerprint density at radius 3 is 2.35 bits per heavy atom. The summed E-state index contributed by atoms with van der Waals surface area (Å²) in [6, 6.07) is 6.04. The first-order valence-corrected chi connectivity index (χ1v) is 11.9. The smallest absolute Gasteiger partial charge is 0.251 e. The van der Waals surface area contributed by atoms with Crippen molar-refractivity contribution in [3.05, 3.63) is 29.8 Å². The molecule has 0 saturated carbocycles. The number of methoxy groups -OCH3 is 1. The van der Waals surface area contributed by atoms with Crippen molar-refractivity contribution in [3.8, 4) is 0 Å². The molecule has 3 aliphatic heterocycles. The number of hydrogen-bond acceptors (Lipinski definition) is 7. The summed E-state index contributed by atoms with van der Waals surface area (Å²) in [6.45, 7) is 9.86. The van der Waals surface area contributed by atoms with Gasteiger partial charge in [-0.1, -0.05) is 20.8 Å². The van der Waals surface area contributed by atoms with Crippen LogP contribution in [0.25, 0.3) is 0 Å². The molecule has 4 atom stereocenters. The molecule has 0 aliphatic carbocycles. The lowest BCUT2D eigenvalue weighted by Crippen LogP contribution is -2.57. The number of likely N-dealkylation sites (tertiary alicyclic amines) is 1. The van der Waals surface area contributed by atoms with E-state index in [1.807, 2.05) is 32.9 Å². The molecule has 3 fully saturated rings. The molecule has 186 valence electrons. The third kappa shape index (κ3) is 4.82. The number of ether oxygens (including phenoxy) is 2. The Kier molecular flexibility index (Phi) is 6.98. The molecule has 1 unspecified atom stereocenters. The molecule has 2 amide bonds. The van der Waals surface area contributed by atoms with Crippen LogP contribution in [0.2, 0.25) is 0 Å². The number of rotatable bonds is 5. The Morgan fingerprint density at radius 2 is 1.76 bits per heavy atom. The van der Waals surface area contributed by atoms with Crippen LogP contribution < -0.4 is 10.2 Å². The fourth-order valence-electron chi connectivity index (χ4n) is 4.96. The third-order valence-corrected chi connectivity index (χ3v) is 7.11. The molecule has 0 radical (unpaired) electrons. The highest BCUT2D eigenvalue weighted by Gasteiger charge is 2.54. The number of nitrogens with zero attached hydrogens (tertiary/aromatic N) is 3. The van der Waals surface area contributed by atoms with Gasteiger partial charge >= 0.3 is 0 Å². The Labute approximate surface area is 201 Å². The van der Waals surface area contributed by atoms with Gasteiger partial charge in [0.05, 0.1) is 6.54 Å². The van der Waals surface area contributed by atoms with Crippen LogP contribution in [-0.4, -0.2) is 105 Å². The lowest BCUT2D eigenvalue weighted by molar-refractivity contribution is -0.140. The van der Waals surface area contributed by atoms with Gasteiger partial charge in [-0.2, -0.15) is 0 Å². The summed E-state index contributed by atoms with van der Waals surface area (Å²) in [7, 11) is 3.67. The van der Waals surface area contributed by atoms with Gasteiger partial charge in [0.2, 0.25) is 5.91 Å². The van der Waals surface area contributed by atoms with Crippen molar-refractivity contribution >= 4 is 23.3 Å². The van der Waals surface area contributed by atoms with Crippen LogP contribution >= 0.6 is 0 Å². The molecular formula is C25H36N4O5.